The third-order valence-electron chi connectivity index (χ3n) is 2.20. The van der Waals surface area contributed by atoms with Crippen LogP contribution < -0.4 is 5.73 Å². The SMILES string of the molecule is Cc1cc(F)c(-c2ccnc(N)n2)cc1F. The molecule has 0 bridgehead atoms. The van der Waals surface area contributed by atoms with Crippen molar-refractivity contribution in [1.82, 2.24) is 9.97 Å². The fourth-order valence-corrected chi connectivity index (χ4v) is 1.37. The monoisotopic (exact) mass is 221 g/mol. The van der Waals surface area contributed by atoms with Gasteiger partial charge >= 0.3 is 0 Å². The highest BCUT2D eigenvalue weighted by atomic mass is 19.1. The molecule has 2 aromatic rings. The second-order valence-corrected chi connectivity index (χ2v) is 3.38. The van der Waals surface area contributed by atoms with Gasteiger partial charge in [-0.05, 0) is 30.7 Å². The lowest BCUT2D eigenvalue weighted by Gasteiger charge is -2.05. The molecular weight excluding hydrogens is 212 g/mol. The summed E-state index contributed by atoms with van der Waals surface area (Å²) in [7, 11) is 0. The number of benzene rings is 1. The van der Waals surface area contributed by atoms with E-state index >= 15 is 0 Å². The van der Waals surface area contributed by atoms with Crippen molar-refractivity contribution in [2.45, 2.75) is 6.92 Å². The standard InChI is InChI=1S/C11H9F2N3/c1-6-4-9(13)7(5-8(6)12)10-2-3-15-11(14)16-10/h2-5H,1H3,(H2,14,15,16). The van der Waals surface area contributed by atoms with Gasteiger partial charge in [-0.1, -0.05) is 0 Å². The third kappa shape index (κ3) is 1.84. The van der Waals surface area contributed by atoms with Crippen molar-refractivity contribution >= 4 is 5.95 Å². The number of hydrogen-bond donors (Lipinski definition) is 1. The molecule has 3 nitrogen and oxygen atoms in total. The molecule has 1 aromatic carbocycles. The number of nitrogen functional groups attached to an aromatic ring is 1. The Morgan fingerprint density at radius 2 is 1.94 bits per heavy atom. The number of nitrogens with zero attached hydrogens (tertiary/aromatic N) is 2. The lowest BCUT2D eigenvalue weighted by Crippen LogP contribution is -1.97. The summed E-state index contributed by atoms with van der Waals surface area (Å²) in [4.78, 5) is 7.52. The number of aromatic nitrogens is 2. The lowest BCUT2D eigenvalue weighted by molar-refractivity contribution is 0.595. The highest BCUT2D eigenvalue weighted by Crippen LogP contribution is 2.23. The van der Waals surface area contributed by atoms with Crippen molar-refractivity contribution in [3.63, 3.8) is 0 Å². The van der Waals surface area contributed by atoms with Crippen LogP contribution >= 0.6 is 0 Å². The Hall–Kier alpha value is -2.04. The van der Waals surface area contributed by atoms with Crippen molar-refractivity contribution in [1.29, 1.82) is 0 Å². The predicted octanol–water partition coefficient (Wildman–Crippen LogP) is 2.31. The fourth-order valence-electron chi connectivity index (χ4n) is 1.37. The summed E-state index contributed by atoms with van der Waals surface area (Å²) in [5.41, 5.74) is 5.98. The Morgan fingerprint density at radius 3 is 2.62 bits per heavy atom. The molecule has 82 valence electrons. The summed E-state index contributed by atoms with van der Waals surface area (Å²) in [5.74, 6) is -0.983. The molecule has 0 unspecified atom stereocenters. The van der Waals surface area contributed by atoms with Crippen LogP contribution in [0, 0.1) is 18.6 Å². The zero-order valence-corrected chi connectivity index (χ0v) is 8.54. The van der Waals surface area contributed by atoms with E-state index in [0.717, 1.165) is 12.1 Å². The molecule has 0 fully saturated rings. The van der Waals surface area contributed by atoms with E-state index in [0.29, 0.717) is 0 Å². The van der Waals surface area contributed by atoms with Gasteiger partial charge in [0.25, 0.3) is 0 Å². The topological polar surface area (TPSA) is 51.8 Å². The van der Waals surface area contributed by atoms with Crippen LogP contribution in [-0.4, -0.2) is 9.97 Å². The first-order valence-electron chi connectivity index (χ1n) is 4.62. The van der Waals surface area contributed by atoms with Gasteiger partial charge in [0.05, 0.1) is 5.69 Å². The van der Waals surface area contributed by atoms with Gasteiger partial charge in [0.2, 0.25) is 5.95 Å². The largest absolute Gasteiger partial charge is 0.368 e. The zero-order chi connectivity index (χ0) is 11.7. The van der Waals surface area contributed by atoms with Crippen molar-refractivity contribution < 1.29 is 8.78 Å². The normalized spacial score (nSPS) is 10.4. The van der Waals surface area contributed by atoms with Crippen molar-refractivity contribution in [2.75, 3.05) is 5.73 Å². The van der Waals surface area contributed by atoms with Gasteiger partial charge in [0.15, 0.2) is 0 Å². The van der Waals surface area contributed by atoms with E-state index in [1.807, 2.05) is 0 Å². The molecule has 5 heteroatoms. The van der Waals surface area contributed by atoms with Crippen LogP contribution in [0.25, 0.3) is 11.3 Å². The summed E-state index contributed by atoms with van der Waals surface area (Å²) in [5, 5.41) is 0. The molecule has 1 heterocycles. The molecule has 0 aliphatic heterocycles. The molecule has 0 radical (unpaired) electrons. The fraction of sp³-hybridized carbons (Fsp3) is 0.0909. The van der Waals surface area contributed by atoms with E-state index in [2.05, 4.69) is 9.97 Å². The molecule has 1 aromatic heterocycles. The van der Waals surface area contributed by atoms with Crippen LogP contribution in [0.2, 0.25) is 0 Å². The molecule has 0 spiro atoms. The molecule has 0 saturated heterocycles. The summed E-state index contributed by atoms with van der Waals surface area (Å²) < 4.78 is 26.9. The van der Waals surface area contributed by atoms with Crippen LogP contribution in [0.15, 0.2) is 24.4 Å². The number of rotatable bonds is 1. The van der Waals surface area contributed by atoms with Gasteiger partial charge in [0.1, 0.15) is 11.6 Å². The first-order valence-corrected chi connectivity index (χ1v) is 4.62. The van der Waals surface area contributed by atoms with Gasteiger partial charge in [-0.25, -0.2) is 18.7 Å². The van der Waals surface area contributed by atoms with E-state index in [-0.39, 0.29) is 22.8 Å². The van der Waals surface area contributed by atoms with Gasteiger partial charge in [0, 0.05) is 11.8 Å². The van der Waals surface area contributed by atoms with E-state index in [9.17, 15) is 8.78 Å². The minimum Gasteiger partial charge on any atom is -0.368 e. The number of hydrogen-bond acceptors (Lipinski definition) is 3. The molecule has 2 N–H and O–H groups in total. The van der Waals surface area contributed by atoms with Crippen LogP contribution in [0.5, 0.6) is 0 Å². The molecular formula is C11H9F2N3. The van der Waals surface area contributed by atoms with Crippen molar-refractivity contribution in [2.24, 2.45) is 0 Å². The smallest absolute Gasteiger partial charge is 0.220 e. The minimum absolute atomic E-state index is 0.0258. The summed E-state index contributed by atoms with van der Waals surface area (Å²) >= 11 is 0. The van der Waals surface area contributed by atoms with Crippen molar-refractivity contribution in [3.05, 3.63) is 41.6 Å². The van der Waals surface area contributed by atoms with Crippen LogP contribution in [0.4, 0.5) is 14.7 Å². The molecule has 0 atom stereocenters. The van der Waals surface area contributed by atoms with E-state index in [1.165, 1.54) is 19.2 Å². The van der Waals surface area contributed by atoms with E-state index < -0.39 is 11.6 Å². The molecule has 16 heavy (non-hydrogen) atoms. The Morgan fingerprint density at radius 1 is 1.19 bits per heavy atom. The number of halogens is 2. The van der Waals surface area contributed by atoms with Gasteiger partial charge in [-0.3, -0.25) is 0 Å². The maximum Gasteiger partial charge on any atom is 0.220 e. The van der Waals surface area contributed by atoms with E-state index in [1.54, 1.807) is 0 Å². The molecule has 0 saturated carbocycles. The molecule has 2 rings (SSSR count). The highest BCUT2D eigenvalue weighted by molar-refractivity contribution is 5.61. The predicted molar refractivity (Wildman–Crippen MR) is 56.5 cm³/mol. The second-order valence-electron chi connectivity index (χ2n) is 3.38. The van der Waals surface area contributed by atoms with Crippen LogP contribution in [0.3, 0.4) is 0 Å². The maximum absolute atomic E-state index is 13.6. The van der Waals surface area contributed by atoms with Gasteiger partial charge in [-0.15, -0.1) is 0 Å². The Kier molecular flexibility index (Phi) is 2.52. The van der Waals surface area contributed by atoms with Crippen LogP contribution in [-0.2, 0) is 0 Å². The summed E-state index contributed by atoms with van der Waals surface area (Å²) in [6.07, 6.45) is 1.40. The third-order valence-corrected chi connectivity index (χ3v) is 2.20. The Balaban J connectivity index is 2.60. The lowest BCUT2D eigenvalue weighted by atomic mass is 10.1. The maximum atomic E-state index is 13.6. The number of nitrogens with two attached hydrogens (primary N) is 1. The summed E-state index contributed by atoms with van der Waals surface area (Å²) in [6, 6.07) is 3.71. The van der Waals surface area contributed by atoms with E-state index in [4.69, 9.17) is 5.73 Å². The quantitative estimate of drug-likeness (QED) is 0.803. The van der Waals surface area contributed by atoms with Gasteiger partial charge < -0.3 is 5.73 Å². The van der Waals surface area contributed by atoms with Crippen LogP contribution in [0.1, 0.15) is 5.56 Å². The van der Waals surface area contributed by atoms with Crippen molar-refractivity contribution in [3.8, 4) is 11.3 Å². The number of anilines is 1. The second kappa shape index (κ2) is 3.84. The Bertz CT molecular complexity index is 541. The zero-order valence-electron chi connectivity index (χ0n) is 8.54. The highest BCUT2D eigenvalue weighted by Gasteiger charge is 2.10. The van der Waals surface area contributed by atoms with Gasteiger partial charge in [-0.2, -0.15) is 0 Å². The molecule has 0 aliphatic rings. The summed E-state index contributed by atoms with van der Waals surface area (Å²) in [6.45, 7) is 1.50. The molecule has 0 aliphatic carbocycles. The first kappa shape index (κ1) is 10.5. The minimum atomic E-state index is -0.531. The number of aryl methyl sites for hydroxylation is 1. The average molecular weight is 221 g/mol. The first-order chi connectivity index (χ1) is 7.58. The molecule has 0 amide bonds. The average Bonchev–Trinajstić information content (AvgIpc) is 2.23. The Labute approximate surface area is 91.0 Å².